The van der Waals surface area contributed by atoms with Crippen LogP contribution in [0.5, 0.6) is 0 Å². The van der Waals surface area contributed by atoms with Crippen molar-refractivity contribution >= 4 is 16.8 Å². The molecule has 1 saturated heterocycles. The number of fused-ring (bicyclic) bond motifs is 1. The first kappa shape index (κ1) is 18.7. The molecule has 0 radical (unpaired) electrons. The first-order valence-corrected chi connectivity index (χ1v) is 10.0. The summed E-state index contributed by atoms with van der Waals surface area (Å²) in [6.07, 6.45) is 0.895. The van der Waals surface area contributed by atoms with Crippen LogP contribution in [0.2, 0.25) is 0 Å². The number of carbonyl (C=O) groups excluding carboxylic acids is 1. The van der Waals surface area contributed by atoms with Crippen LogP contribution >= 0.6 is 0 Å². The molecule has 0 atom stereocenters. The Morgan fingerprint density at radius 3 is 2.61 bits per heavy atom. The third-order valence-corrected chi connectivity index (χ3v) is 5.57. The molecule has 0 saturated carbocycles. The highest BCUT2D eigenvalue weighted by Crippen LogP contribution is 2.22. The molecule has 1 fully saturated rings. The van der Waals surface area contributed by atoms with Gasteiger partial charge in [-0.1, -0.05) is 36.4 Å². The van der Waals surface area contributed by atoms with E-state index in [-0.39, 0.29) is 11.7 Å². The second kappa shape index (κ2) is 8.15. The number of rotatable bonds is 4. The fourth-order valence-electron chi connectivity index (χ4n) is 4.09. The predicted octanol–water partition coefficient (Wildman–Crippen LogP) is 4.15. The van der Waals surface area contributed by atoms with Crippen molar-refractivity contribution in [3.05, 3.63) is 71.7 Å². The minimum atomic E-state index is -0.160. The number of nitrogens with zero attached hydrogens (tertiary/aromatic N) is 3. The SMILES string of the molecule is CCn1c(C(=O)N2CCCN(Cc3ccccc3F)CC2)cc2ccccc21. The number of carbonyl (C=O) groups is 1. The fraction of sp³-hybridized carbons (Fsp3) is 0.348. The van der Waals surface area contributed by atoms with E-state index >= 15 is 0 Å². The minimum absolute atomic E-state index is 0.0887. The lowest BCUT2D eigenvalue weighted by Gasteiger charge is -2.22. The molecule has 0 aliphatic carbocycles. The van der Waals surface area contributed by atoms with E-state index in [9.17, 15) is 9.18 Å². The van der Waals surface area contributed by atoms with Crippen LogP contribution in [-0.2, 0) is 13.1 Å². The normalized spacial score (nSPS) is 15.7. The average molecular weight is 379 g/mol. The Hall–Kier alpha value is -2.66. The van der Waals surface area contributed by atoms with Crippen molar-refractivity contribution in [2.45, 2.75) is 26.4 Å². The first-order valence-electron chi connectivity index (χ1n) is 10.0. The molecule has 28 heavy (non-hydrogen) atoms. The molecule has 0 N–H and O–H groups in total. The van der Waals surface area contributed by atoms with Crippen molar-refractivity contribution in [1.29, 1.82) is 0 Å². The van der Waals surface area contributed by atoms with Crippen LogP contribution < -0.4 is 0 Å². The molecule has 2 aromatic carbocycles. The molecule has 146 valence electrons. The van der Waals surface area contributed by atoms with E-state index in [2.05, 4.69) is 28.5 Å². The number of halogens is 1. The van der Waals surface area contributed by atoms with Crippen molar-refractivity contribution in [3.8, 4) is 0 Å². The monoisotopic (exact) mass is 379 g/mol. The zero-order valence-electron chi connectivity index (χ0n) is 16.3. The van der Waals surface area contributed by atoms with Crippen molar-refractivity contribution in [2.24, 2.45) is 0 Å². The Morgan fingerprint density at radius 2 is 1.79 bits per heavy atom. The lowest BCUT2D eigenvalue weighted by molar-refractivity contribution is 0.0751. The quantitative estimate of drug-likeness (QED) is 0.681. The standard InChI is InChI=1S/C23H26FN3O/c1-2-27-21-11-6-4-8-18(21)16-22(27)23(28)26-13-7-12-25(14-15-26)17-19-9-3-5-10-20(19)24/h3-6,8-11,16H,2,7,12-15,17H2,1H3. The Balaban J connectivity index is 1.49. The van der Waals surface area contributed by atoms with E-state index in [1.807, 2.05) is 35.2 Å². The molecular formula is C23H26FN3O. The summed E-state index contributed by atoms with van der Waals surface area (Å²) < 4.78 is 16.1. The molecule has 0 bridgehead atoms. The number of benzene rings is 2. The van der Waals surface area contributed by atoms with Crippen molar-refractivity contribution in [1.82, 2.24) is 14.4 Å². The minimum Gasteiger partial charge on any atom is -0.337 e. The third-order valence-electron chi connectivity index (χ3n) is 5.57. The van der Waals surface area contributed by atoms with Gasteiger partial charge in [0.1, 0.15) is 11.5 Å². The van der Waals surface area contributed by atoms with Crippen molar-refractivity contribution in [3.63, 3.8) is 0 Å². The molecule has 1 aliphatic rings. The van der Waals surface area contributed by atoms with Gasteiger partial charge in [0.2, 0.25) is 0 Å². The summed E-state index contributed by atoms with van der Waals surface area (Å²) in [7, 11) is 0. The van der Waals surface area contributed by atoms with Gasteiger partial charge in [-0.15, -0.1) is 0 Å². The molecule has 3 aromatic rings. The summed E-state index contributed by atoms with van der Waals surface area (Å²) in [5.41, 5.74) is 2.57. The number of hydrogen-bond donors (Lipinski definition) is 0. The van der Waals surface area contributed by atoms with Gasteiger partial charge in [-0.25, -0.2) is 4.39 Å². The molecule has 1 aromatic heterocycles. The van der Waals surface area contributed by atoms with Gasteiger partial charge in [-0.3, -0.25) is 9.69 Å². The van der Waals surface area contributed by atoms with Gasteiger partial charge in [-0.2, -0.15) is 0 Å². The maximum absolute atomic E-state index is 14.0. The summed E-state index contributed by atoms with van der Waals surface area (Å²) in [4.78, 5) is 17.4. The molecule has 0 spiro atoms. The molecule has 4 rings (SSSR count). The van der Waals surface area contributed by atoms with Crippen LogP contribution in [-0.4, -0.2) is 46.5 Å². The lowest BCUT2D eigenvalue weighted by Crippen LogP contribution is -2.36. The average Bonchev–Trinajstić information content (AvgIpc) is 2.93. The van der Waals surface area contributed by atoms with Crippen LogP contribution in [0.15, 0.2) is 54.6 Å². The second-order valence-electron chi connectivity index (χ2n) is 7.35. The molecule has 2 heterocycles. The lowest BCUT2D eigenvalue weighted by atomic mass is 10.2. The van der Waals surface area contributed by atoms with Gasteiger partial charge in [0.25, 0.3) is 5.91 Å². The zero-order chi connectivity index (χ0) is 19.5. The zero-order valence-corrected chi connectivity index (χ0v) is 16.3. The Labute approximate surface area is 165 Å². The largest absolute Gasteiger partial charge is 0.337 e. The van der Waals surface area contributed by atoms with E-state index < -0.39 is 0 Å². The summed E-state index contributed by atoms with van der Waals surface area (Å²) >= 11 is 0. The summed E-state index contributed by atoms with van der Waals surface area (Å²) in [5.74, 6) is -0.0714. The van der Waals surface area contributed by atoms with Crippen LogP contribution in [0.25, 0.3) is 10.9 Å². The molecule has 1 amide bonds. The maximum Gasteiger partial charge on any atom is 0.270 e. The maximum atomic E-state index is 14.0. The van der Waals surface area contributed by atoms with Gasteiger partial charge in [0, 0.05) is 55.7 Å². The third kappa shape index (κ3) is 3.67. The van der Waals surface area contributed by atoms with E-state index in [0.29, 0.717) is 18.7 Å². The number of amides is 1. The Kier molecular flexibility index (Phi) is 5.44. The van der Waals surface area contributed by atoms with Gasteiger partial charge in [-0.05, 0) is 31.5 Å². The summed E-state index contributed by atoms with van der Waals surface area (Å²) in [6.45, 7) is 6.45. The van der Waals surface area contributed by atoms with Crippen LogP contribution in [0.3, 0.4) is 0 Å². The predicted molar refractivity (Wildman–Crippen MR) is 110 cm³/mol. The Morgan fingerprint density at radius 1 is 1.00 bits per heavy atom. The van der Waals surface area contributed by atoms with E-state index in [0.717, 1.165) is 49.2 Å². The molecular weight excluding hydrogens is 353 g/mol. The molecule has 1 aliphatic heterocycles. The Bertz CT molecular complexity index is 981. The van der Waals surface area contributed by atoms with Gasteiger partial charge >= 0.3 is 0 Å². The van der Waals surface area contributed by atoms with Crippen LogP contribution in [0, 0.1) is 5.82 Å². The second-order valence-corrected chi connectivity index (χ2v) is 7.35. The highest BCUT2D eigenvalue weighted by Gasteiger charge is 2.23. The number of aryl methyl sites for hydroxylation is 1. The van der Waals surface area contributed by atoms with E-state index in [1.54, 1.807) is 6.07 Å². The number of hydrogen-bond acceptors (Lipinski definition) is 2. The van der Waals surface area contributed by atoms with Crippen LogP contribution in [0.4, 0.5) is 4.39 Å². The smallest absolute Gasteiger partial charge is 0.270 e. The molecule has 0 unspecified atom stereocenters. The summed E-state index contributed by atoms with van der Waals surface area (Å²) in [6, 6.07) is 17.1. The van der Waals surface area contributed by atoms with E-state index in [4.69, 9.17) is 0 Å². The topological polar surface area (TPSA) is 28.5 Å². The van der Waals surface area contributed by atoms with E-state index in [1.165, 1.54) is 6.07 Å². The van der Waals surface area contributed by atoms with Crippen molar-refractivity contribution in [2.75, 3.05) is 26.2 Å². The number of aromatic nitrogens is 1. The number of para-hydroxylation sites is 1. The highest BCUT2D eigenvalue weighted by molar-refractivity contribution is 5.98. The first-order chi connectivity index (χ1) is 13.7. The fourth-order valence-corrected chi connectivity index (χ4v) is 4.09. The summed E-state index contributed by atoms with van der Waals surface area (Å²) in [5, 5.41) is 1.10. The molecule has 5 heteroatoms. The van der Waals surface area contributed by atoms with Crippen LogP contribution in [0.1, 0.15) is 29.4 Å². The van der Waals surface area contributed by atoms with Gasteiger partial charge < -0.3 is 9.47 Å². The highest BCUT2D eigenvalue weighted by atomic mass is 19.1. The van der Waals surface area contributed by atoms with Gasteiger partial charge in [0.05, 0.1) is 0 Å². The van der Waals surface area contributed by atoms with Crippen molar-refractivity contribution < 1.29 is 9.18 Å². The van der Waals surface area contributed by atoms with Gasteiger partial charge in [0.15, 0.2) is 0 Å². The molecule has 4 nitrogen and oxygen atoms in total.